The molecule has 1 aromatic rings. The van der Waals surface area contributed by atoms with E-state index >= 15 is 0 Å². The number of nitrogens with one attached hydrogen (secondary N) is 1. The summed E-state index contributed by atoms with van der Waals surface area (Å²) in [5, 5.41) is 3.81. The maximum Gasteiger partial charge on any atom is 0.184 e. The molecule has 0 aromatic heterocycles. The van der Waals surface area contributed by atoms with Crippen molar-refractivity contribution in [1.82, 2.24) is 5.43 Å². The van der Waals surface area contributed by atoms with Gasteiger partial charge < -0.3 is 5.73 Å². The zero-order valence-electron chi connectivity index (χ0n) is 7.00. The van der Waals surface area contributed by atoms with Gasteiger partial charge in [0.1, 0.15) is 5.82 Å². The van der Waals surface area contributed by atoms with Gasteiger partial charge in [0, 0.05) is 0 Å². The maximum atomic E-state index is 12.8. The van der Waals surface area contributed by atoms with Gasteiger partial charge in [0.25, 0.3) is 0 Å². The molecule has 0 unspecified atom stereocenters. The highest BCUT2D eigenvalue weighted by atomic mass is 79.9. The minimum Gasteiger partial charge on any atom is -0.375 e. The fourth-order valence-electron chi connectivity index (χ4n) is 0.763. The first-order chi connectivity index (χ1) is 6.59. The third kappa shape index (κ3) is 3.39. The van der Waals surface area contributed by atoms with Gasteiger partial charge >= 0.3 is 0 Å². The number of hydrazone groups is 1. The molecular weight excluding hydrogens is 269 g/mol. The van der Waals surface area contributed by atoms with Crippen molar-refractivity contribution in [2.45, 2.75) is 0 Å². The molecule has 0 spiro atoms. The topological polar surface area (TPSA) is 50.4 Å². The summed E-state index contributed by atoms with van der Waals surface area (Å²) in [5.41, 5.74) is 8.28. The number of rotatable bonds is 2. The molecule has 0 atom stereocenters. The molecule has 14 heavy (non-hydrogen) atoms. The molecule has 0 heterocycles. The van der Waals surface area contributed by atoms with Crippen LogP contribution in [0.5, 0.6) is 0 Å². The molecule has 1 aromatic carbocycles. The van der Waals surface area contributed by atoms with Crippen LogP contribution in [0.2, 0.25) is 0 Å². The third-order valence-electron chi connectivity index (χ3n) is 1.33. The predicted molar refractivity (Wildman–Crippen MR) is 61.6 cm³/mol. The standard InChI is InChI=1S/C8H7BrFN3S/c9-6-3-5(1-2-7(6)10)4-12-13-8(11)14/h1-4H,(H3,11,13,14)/b12-4+. The second-order valence-corrected chi connectivity index (χ2v) is 3.70. The van der Waals surface area contributed by atoms with Crippen molar-refractivity contribution < 1.29 is 4.39 Å². The zero-order valence-corrected chi connectivity index (χ0v) is 9.40. The van der Waals surface area contributed by atoms with Gasteiger partial charge in [-0.1, -0.05) is 6.07 Å². The Balaban J connectivity index is 2.73. The summed E-state index contributed by atoms with van der Waals surface area (Å²) in [6.07, 6.45) is 1.49. The lowest BCUT2D eigenvalue weighted by atomic mass is 10.2. The maximum absolute atomic E-state index is 12.8. The molecule has 1 rings (SSSR count). The second kappa shape index (κ2) is 5.02. The fourth-order valence-corrected chi connectivity index (χ4v) is 1.21. The van der Waals surface area contributed by atoms with E-state index in [1.54, 1.807) is 12.1 Å². The van der Waals surface area contributed by atoms with Crippen LogP contribution in [0.4, 0.5) is 4.39 Å². The molecule has 0 saturated carbocycles. The van der Waals surface area contributed by atoms with Gasteiger partial charge in [-0.3, -0.25) is 5.43 Å². The van der Waals surface area contributed by atoms with Crippen molar-refractivity contribution >= 4 is 39.5 Å². The zero-order chi connectivity index (χ0) is 10.6. The van der Waals surface area contributed by atoms with Crippen molar-refractivity contribution in [1.29, 1.82) is 0 Å². The monoisotopic (exact) mass is 275 g/mol. The lowest BCUT2D eigenvalue weighted by molar-refractivity contribution is 0.621. The molecule has 0 radical (unpaired) electrons. The normalized spacial score (nSPS) is 10.4. The molecule has 0 bridgehead atoms. The summed E-state index contributed by atoms with van der Waals surface area (Å²) in [5.74, 6) is -0.315. The van der Waals surface area contributed by atoms with Gasteiger partial charge in [0.15, 0.2) is 5.11 Å². The molecule has 0 amide bonds. The van der Waals surface area contributed by atoms with Crippen LogP contribution < -0.4 is 11.2 Å². The van der Waals surface area contributed by atoms with Crippen molar-refractivity contribution in [2.75, 3.05) is 0 Å². The predicted octanol–water partition coefficient (Wildman–Crippen LogP) is 1.76. The number of halogens is 2. The van der Waals surface area contributed by atoms with Crippen LogP contribution >= 0.6 is 28.1 Å². The average molecular weight is 276 g/mol. The van der Waals surface area contributed by atoms with E-state index in [2.05, 4.69) is 38.7 Å². The first-order valence-corrected chi connectivity index (χ1v) is 4.83. The lowest BCUT2D eigenvalue weighted by Gasteiger charge is -1.97. The van der Waals surface area contributed by atoms with E-state index < -0.39 is 0 Å². The first-order valence-electron chi connectivity index (χ1n) is 3.63. The minimum atomic E-state index is -0.315. The molecule has 0 aliphatic carbocycles. The van der Waals surface area contributed by atoms with Gasteiger partial charge in [-0.15, -0.1) is 0 Å². The number of nitrogens with zero attached hydrogens (tertiary/aromatic N) is 1. The van der Waals surface area contributed by atoms with Gasteiger partial charge in [-0.2, -0.15) is 5.10 Å². The minimum absolute atomic E-state index is 0.0856. The van der Waals surface area contributed by atoms with E-state index in [1.165, 1.54) is 12.3 Å². The quantitative estimate of drug-likeness (QED) is 0.491. The Morgan fingerprint density at radius 2 is 2.36 bits per heavy atom. The Morgan fingerprint density at radius 1 is 1.64 bits per heavy atom. The number of thiocarbonyl (C=S) groups is 1. The van der Waals surface area contributed by atoms with Crippen LogP contribution in [0, 0.1) is 5.82 Å². The number of hydrogen-bond donors (Lipinski definition) is 2. The van der Waals surface area contributed by atoms with Crippen LogP contribution in [0.25, 0.3) is 0 Å². The Kier molecular flexibility index (Phi) is 3.97. The Morgan fingerprint density at radius 3 is 2.93 bits per heavy atom. The van der Waals surface area contributed by atoms with Crippen molar-refractivity contribution in [3.8, 4) is 0 Å². The number of nitrogens with two attached hydrogens (primary N) is 1. The first kappa shape index (κ1) is 11.1. The molecule has 0 aliphatic rings. The van der Waals surface area contributed by atoms with E-state index in [0.29, 0.717) is 4.47 Å². The van der Waals surface area contributed by atoms with E-state index in [1.807, 2.05) is 0 Å². The van der Waals surface area contributed by atoms with E-state index in [4.69, 9.17) is 5.73 Å². The molecule has 0 aliphatic heterocycles. The summed E-state index contributed by atoms with van der Waals surface area (Å²) in [6, 6.07) is 4.52. The summed E-state index contributed by atoms with van der Waals surface area (Å²) in [6.45, 7) is 0. The SMILES string of the molecule is NC(=S)N/N=C/c1ccc(F)c(Br)c1. The van der Waals surface area contributed by atoms with E-state index in [0.717, 1.165) is 5.56 Å². The largest absolute Gasteiger partial charge is 0.375 e. The van der Waals surface area contributed by atoms with Crippen LogP contribution in [-0.2, 0) is 0 Å². The molecule has 0 fully saturated rings. The molecule has 74 valence electrons. The van der Waals surface area contributed by atoms with Gasteiger partial charge in [0.2, 0.25) is 0 Å². The molecule has 0 saturated heterocycles. The van der Waals surface area contributed by atoms with Crippen LogP contribution in [0.15, 0.2) is 27.8 Å². The smallest absolute Gasteiger partial charge is 0.184 e. The van der Waals surface area contributed by atoms with Gasteiger partial charge in [0.05, 0.1) is 10.7 Å². The fraction of sp³-hybridized carbons (Fsp3) is 0. The van der Waals surface area contributed by atoms with Crippen LogP contribution in [-0.4, -0.2) is 11.3 Å². The summed E-state index contributed by atoms with van der Waals surface area (Å²) in [4.78, 5) is 0. The van der Waals surface area contributed by atoms with Crippen molar-refractivity contribution in [2.24, 2.45) is 10.8 Å². The Bertz CT molecular complexity index is 381. The van der Waals surface area contributed by atoms with Gasteiger partial charge in [-0.05, 0) is 45.8 Å². The third-order valence-corrected chi connectivity index (χ3v) is 2.03. The molecular formula is C8H7BrFN3S. The Labute approximate surface area is 94.3 Å². The summed E-state index contributed by atoms with van der Waals surface area (Å²) < 4.78 is 13.2. The van der Waals surface area contributed by atoms with Gasteiger partial charge in [-0.25, -0.2) is 4.39 Å². The highest BCUT2D eigenvalue weighted by Gasteiger charge is 1.97. The number of benzene rings is 1. The summed E-state index contributed by atoms with van der Waals surface area (Å²) >= 11 is 7.60. The van der Waals surface area contributed by atoms with E-state index in [9.17, 15) is 4.39 Å². The number of hydrogen-bond acceptors (Lipinski definition) is 2. The summed E-state index contributed by atoms with van der Waals surface area (Å²) in [7, 11) is 0. The highest BCUT2D eigenvalue weighted by Crippen LogP contribution is 2.15. The van der Waals surface area contributed by atoms with Crippen LogP contribution in [0.1, 0.15) is 5.56 Å². The molecule has 6 heteroatoms. The average Bonchev–Trinajstić information content (AvgIpc) is 2.10. The molecule has 3 N–H and O–H groups in total. The van der Waals surface area contributed by atoms with Crippen molar-refractivity contribution in [3.63, 3.8) is 0 Å². The van der Waals surface area contributed by atoms with Crippen LogP contribution in [0.3, 0.4) is 0 Å². The highest BCUT2D eigenvalue weighted by molar-refractivity contribution is 9.10. The van der Waals surface area contributed by atoms with E-state index in [-0.39, 0.29) is 10.9 Å². The Hall–Kier alpha value is -1.01. The van der Waals surface area contributed by atoms with Crippen molar-refractivity contribution in [3.05, 3.63) is 34.1 Å². The second-order valence-electron chi connectivity index (χ2n) is 2.41. The molecule has 3 nitrogen and oxygen atoms in total. The lowest BCUT2D eigenvalue weighted by Crippen LogP contribution is -2.23.